The fraction of sp³-hybridized carbons (Fsp3) is 0.0909. The van der Waals surface area contributed by atoms with Crippen LogP contribution in [0.5, 0.6) is 11.5 Å². The second-order valence-corrected chi connectivity index (χ2v) is 9.93. The van der Waals surface area contributed by atoms with E-state index in [-0.39, 0.29) is 0 Å². The minimum Gasteiger partial charge on any atom is -0.495 e. The largest absolute Gasteiger partial charge is 0.495 e. The van der Waals surface area contributed by atoms with Gasteiger partial charge in [-0.15, -0.1) is 0 Å². The minimum atomic E-state index is -0.395. The van der Waals surface area contributed by atoms with Crippen molar-refractivity contribution in [3.8, 4) is 11.5 Å². The molecule has 6 nitrogen and oxygen atoms in total. The molecular weight excluding hydrogens is 676 g/mol. The monoisotopic (exact) mass is 688 g/mol. The summed E-state index contributed by atoms with van der Waals surface area (Å²) >= 11 is 13.6. The van der Waals surface area contributed by atoms with Gasteiger partial charge in [0.15, 0.2) is 0 Å². The molecular formula is C22H16Br4N2O4. The van der Waals surface area contributed by atoms with Crippen molar-refractivity contribution < 1.29 is 19.1 Å². The molecule has 0 atom stereocenters. The van der Waals surface area contributed by atoms with Gasteiger partial charge in [0.1, 0.15) is 11.5 Å². The van der Waals surface area contributed by atoms with E-state index in [9.17, 15) is 9.59 Å². The van der Waals surface area contributed by atoms with Crippen molar-refractivity contribution in [2.75, 3.05) is 24.9 Å². The average Bonchev–Trinajstić information content (AvgIpc) is 2.74. The van der Waals surface area contributed by atoms with Crippen LogP contribution in [0.4, 0.5) is 11.4 Å². The summed E-state index contributed by atoms with van der Waals surface area (Å²) in [6, 6.07) is 13.8. The number of amides is 2. The van der Waals surface area contributed by atoms with E-state index in [4.69, 9.17) is 9.47 Å². The third kappa shape index (κ3) is 5.54. The van der Waals surface area contributed by atoms with Gasteiger partial charge in [-0.2, -0.15) is 0 Å². The Morgan fingerprint density at radius 2 is 1.06 bits per heavy atom. The fourth-order valence-electron chi connectivity index (χ4n) is 2.95. The predicted molar refractivity (Wildman–Crippen MR) is 139 cm³/mol. The van der Waals surface area contributed by atoms with Gasteiger partial charge in [-0.1, -0.05) is 44.0 Å². The number of ether oxygens (including phenoxy) is 2. The lowest BCUT2D eigenvalue weighted by molar-refractivity contribution is 0.101. The zero-order valence-electron chi connectivity index (χ0n) is 16.8. The number of para-hydroxylation sites is 2. The number of halogens is 4. The lowest BCUT2D eigenvalue weighted by Crippen LogP contribution is -2.18. The molecule has 0 heterocycles. The van der Waals surface area contributed by atoms with Crippen molar-refractivity contribution >= 4 is 86.9 Å². The maximum atomic E-state index is 13.0. The van der Waals surface area contributed by atoms with Gasteiger partial charge < -0.3 is 20.1 Å². The van der Waals surface area contributed by atoms with Crippen LogP contribution in [0.25, 0.3) is 0 Å². The van der Waals surface area contributed by atoms with E-state index in [0.717, 1.165) is 0 Å². The molecule has 0 aliphatic heterocycles. The summed E-state index contributed by atoms with van der Waals surface area (Å²) in [6.45, 7) is 0. The highest BCUT2D eigenvalue weighted by Gasteiger charge is 2.20. The number of methoxy groups -OCH3 is 2. The standard InChI is InChI=1S/C22H16Br4N2O4/c1-31-19-13(7-11(23)9-15(19)25)21(29)27-17-5-3-4-6-18(17)28-22(30)14-8-12(24)10-16(26)20(14)32-2/h3-10H,1-2H3,(H,27,29)(H,28,30). The summed E-state index contributed by atoms with van der Waals surface area (Å²) in [5.74, 6) is 0.00790. The van der Waals surface area contributed by atoms with Crippen LogP contribution in [0.15, 0.2) is 66.4 Å². The molecule has 166 valence electrons. The van der Waals surface area contributed by atoms with Crippen LogP contribution < -0.4 is 20.1 Å². The number of rotatable bonds is 6. The molecule has 3 aromatic rings. The molecule has 0 radical (unpaired) electrons. The first-order valence-corrected chi connectivity index (χ1v) is 12.2. The first-order valence-electron chi connectivity index (χ1n) is 9.03. The van der Waals surface area contributed by atoms with Crippen LogP contribution in [-0.4, -0.2) is 26.0 Å². The van der Waals surface area contributed by atoms with E-state index in [1.165, 1.54) is 14.2 Å². The molecule has 0 aromatic heterocycles. The quantitative estimate of drug-likeness (QED) is 0.286. The maximum absolute atomic E-state index is 13.0. The Bertz CT molecular complexity index is 1110. The Hall–Kier alpha value is -1.88. The Morgan fingerprint density at radius 1 is 0.688 bits per heavy atom. The summed E-state index contributed by atoms with van der Waals surface area (Å²) in [5, 5.41) is 5.68. The summed E-state index contributed by atoms with van der Waals surface area (Å²) < 4.78 is 13.4. The Balaban J connectivity index is 1.91. The summed E-state index contributed by atoms with van der Waals surface area (Å²) in [4.78, 5) is 26.0. The molecule has 0 aliphatic rings. The van der Waals surface area contributed by atoms with Gasteiger partial charge in [0.25, 0.3) is 11.8 Å². The number of benzene rings is 3. The van der Waals surface area contributed by atoms with Crippen LogP contribution in [-0.2, 0) is 0 Å². The number of hydrogen-bond acceptors (Lipinski definition) is 4. The second-order valence-electron chi connectivity index (χ2n) is 6.39. The van der Waals surface area contributed by atoms with Gasteiger partial charge in [0, 0.05) is 8.95 Å². The van der Waals surface area contributed by atoms with Gasteiger partial charge in [-0.25, -0.2) is 0 Å². The molecule has 10 heteroatoms. The van der Waals surface area contributed by atoms with Gasteiger partial charge in [-0.05, 0) is 68.3 Å². The molecule has 0 unspecified atom stereocenters. The highest BCUT2D eigenvalue weighted by molar-refractivity contribution is 9.11. The first kappa shape index (κ1) is 24.8. The van der Waals surface area contributed by atoms with Crippen LogP contribution in [0, 0.1) is 0 Å². The summed E-state index contributed by atoms with van der Waals surface area (Å²) in [5.41, 5.74) is 1.51. The zero-order valence-corrected chi connectivity index (χ0v) is 23.1. The van der Waals surface area contributed by atoms with Crippen LogP contribution in [0.3, 0.4) is 0 Å². The van der Waals surface area contributed by atoms with Crippen molar-refractivity contribution in [3.05, 3.63) is 77.5 Å². The van der Waals surface area contributed by atoms with Gasteiger partial charge in [0.2, 0.25) is 0 Å². The number of carbonyl (C=O) groups excluding carboxylic acids is 2. The van der Waals surface area contributed by atoms with Crippen LogP contribution >= 0.6 is 63.7 Å². The van der Waals surface area contributed by atoms with Crippen molar-refractivity contribution in [3.63, 3.8) is 0 Å². The van der Waals surface area contributed by atoms with Gasteiger partial charge in [-0.3, -0.25) is 9.59 Å². The van der Waals surface area contributed by atoms with E-state index in [1.807, 2.05) is 0 Å². The average molecular weight is 692 g/mol. The Kier molecular flexibility index (Phi) is 8.37. The normalized spacial score (nSPS) is 10.4. The SMILES string of the molecule is COc1c(Br)cc(Br)cc1C(=O)Nc1ccccc1NC(=O)c1cc(Br)cc(Br)c1OC. The number of carbonyl (C=O) groups is 2. The van der Waals surface area contributed by atoms with E-state index in [1.54, 1.807) is 48.5 Å². The van der Waals surface area contributed by atoms with Gasteiger partial charge in [0.05, 0.1) is 45.7 Å². The number of nitrogens with one attached hydrogen (secondary N) is 2. The lowest BCUT2D eigenvalue weighted by Gasteiger charge is -2.16. The van der Waals surface area contributed by atoms with Gasteiger partial charge >= 0.3 is 0 Å². The number of anilines is 2. The molecule has 0 fully saturated rings. The third-order valence-electron chi connectivity index (χ3n) is 4.34. The second kappa shape index (κ2) is 10.8. The summed E-state index contributed by atoms with van der Waals surface area (Å²) in [6.07, 6.45) is 0. The Labute approximate surface area is 218 Å². The summed E-state index contributed by atoms with van der Waals surface area (Å²) in [7, 11) is 2.98. The maximum Gasteiger partial charge on any atom is 0.259 e. The molecule has 2 amide bonds. The molecule has 0 bridgehead atoms. The molecule has 0 saturated heterocycles. The molecule has 3 aromatic carbocycles. The molecule has 2 N–H and O–H groups in total. The topological polar surface area (TPSA) is 76.7 Å². The predicted octanol–water partition coefficient (Wildman–Crippen LogP) is 7.26. The van der Waals surface area contributed by atoms with E-state index >= 15 is 0 Å². The van der Waals surface area contributed by atoms with Crippen molar-refractivity contribution in [1.29, 1.82) is 0 Å². The molecule has 3 rings (SSSR count). The Morgan fingerprint density at radius 3 is 1.41 bits per heavy atom. The van der Waals surface area contributed by atoms with E-state index in [2.05, 4.69) is 74.4 Å². The van der Waals surface area contributed by atoms with Crippen molar-refractivity contribution in [2.24, 2.45) is 0 Å². The van der Waals surface area contributed by atoms with Crippen molar-refractivity contribution in [1.82, 2.24) is 0 Å². The third-order valence-corrected chi connectivity index (χ3v) is 6.43. The highest BCUT2D eigenvalue weighted by atomic mass is 79.9. The first-order chi connectivity index (χ1) is 15.2. The lowest BCUT2D eigenvalue weighted by atomic mass is 10.1. The molecule has 0 spiro atoms. The molecule has 32 heavy (non-hydrogen) atoms. The van der Waals surface area contributed by atoms with E-state index in [0.29, 0.717) is 51.9 Å². The van der Waals surface area contributed by atoms with Crippen LogP contribution in [0.1, 0.15) is 20.7 Å². The smallest absolute Gasteiger partial charge is 0.259 e. The van der Waals surface area contributed by atoms with E-state index < -0.39 is 11.8 Å². The van der Waals surface area contributed by atoms with Crippen molar-refractivity contribution in [2.45, 2.75) is 0 Å². The molecule has 0 aliphatic carbocycles. The highest BCUT2D eigenvalue weighted by Crippen LogP contribution is 2.35. The van der Waals surface area contributed by atoms with Crippen LogP contribution in [0.2, 0.25) is 0 Å². The fourth-order valence-corrected chi connectivity index (χ4v) is 5.73. The minimum absolute atomic E-state index is 0.326. The zero-order chi connectivity index (χ0) is 23.4. The number of hydrogen-bond donors (Lipinski definition) is 2. The molecule has 0 saturated carbocycles.